The molecule has 1 amide bonds. The SMILES string of the molecule is O=C(c1cccc(C(F)(F)F)c1Cl)N1C2COCC1c1nnc(-c3cc(OC(F)(F)F)ccn3)n1C2. The van der Waals surface area contributed by atoms with Gasteiger partial charge in [0.25, 0.3) is 5.91 Å². The Morgan fingerprint density at radius 2 is 1.89 bits per heavy atom. The lowest BCUT2D eigenvalue weighted by molar-refractivity contribution is -0.274. The van der Waals surface area contributed by atoms with Crippen molar-refractivity contribution in [1.29, 1.82) is 0 Å². The molecule has 2 bridgehead atoms. The summed E-state index contributed by atoms with van der Waals surface area (Å²) in [7, 11) is 0. The van der Waals surface area contributed by atoms with Crippen LogP contribution in [0.15, 0.2) is 36.5 Å². The van der Waals surface area contributed by atoms with Crippen LogP contribution in [0, 0.1) is 0 Å². The van der Waals surface area contributed by atoms with Crippen LogP contribution < -0.4 is 4.74 Å². The number of carbonyl (C=O) groups is 1. The number of hydrogen-bond acceptors (Lipinski definition) is 6. The largest absolute Gasteiger partial charge is 0.573 e. The molecule has 1 fully saturated rings. The first kappa shape index (κ1) is 24.3. The maximum absolute atomic E-state index is 13.4. The maximum Gasteiger partial charge on any atom is 0.573 e. The first-order valence-electron chi connectivity index (χ1n) is 10.4. The zero-order valence-electron chi connectivity index (χ0n) is 17.8. The van der Waals surface area contributed by atoms with E-state index in [1.54, 1.807) is 4.57 Å². The first-order valence-corrected chi connectivity index (χ1v) is 10.7. The molecule has 4 heterocycles. The fraction of sp³-hybridized carbons (Fsp3) is 0.333. The summed E-state index contributed by atoms with van der Waals surface area (Å²) in [5.41, 5.74) is -1.41. The summed E-state index contributed by atoms with van der Waals surface area (Å²) in [5.74, 6) is -0.862. The summed E-state index contributed by atoms with van der Waals surface area (Å²) >= 11 is 5.98. The molecule has 3 aromatic rings. The summed E-state index contributed by atoms with van der Waals surface area (Å²) in [6, 6.07) is 3.71. The van der Waals surface area contributed by atoms with Crippen molar-refractivity contribution < 1.29 is 40.6 Å². The minimum atomic E-state index is -4.90. The van der Waals surface area contributed by atoms with E-state index in [1.807, 2.05) is 0 Å². The van der Waals surface area contributed by atoms with Crippen molar-refractivity contribution in [3.8, 4) is 17.3 Å². The number of aromatic nitrogens is 4. The highest BCUT2D eigenvalue weighted by Gasteiger charge is 2.45. The molecule has 0 radical (unpaired) electrons. The first-order chi connectivity index (χ1) is 16.9. The molecule has 1 saturated heterocycles. The average molecular weight is 534 g/mol. The number of morpholine rings is 1. The van der Waals surface area contributed by atoms with Crippen molar-refractivity contribution >= 4 is 17.5 Å². The van der Waals surface area contributed by atoms with E-state index >= 15 is 0 Å². The minimum Gasteiger partial charge on any atom is -0.406 e. The molecular weight excluding hydrogens is 520 g/mol. The van der Waals surface area contributed by atoms with Crippen LogP contribution in [0.5, 0.6) is 5.75 Å². The monoisotopic (exact) mass is 533 g/mol. The van der Waals surface area contributed by atoms with Gasteiger partial charge in [-0.1, -0.05) is 17.7 Å². The van der Waals surface area contributed by atoms with Crippen LogP contribution in [0.4, 0.5) is 26.3 Å². The van der Waals surface area contributed by atoms with Crippen molar-refractivity contribution in [2.45, 2.75) is 31.2 Å². The third-order valence-corrected chi connectivity index (χ3v) is 6.16. The number of amides is 1. The molecule has 15 heteroatoms. The van der Waals surface area contributed by atoms with Gasteiger partial charge < -0.3 is 18.9 Å². The van der Waals surface area contributed by atoms with E-state index in [0.29, 0.717) is 0 Å². The minimum absolute atomic E-state index is 0.0262. The number of carbonyl (C=O) groups excluding carboxylic acids is 1. The lowest BCUT2D eigenvalue weighted by Gasteiger charge is -2.45. The van der Waals surface area contributed by atoms with Crippen molar-refractivity contribution in [3.05, 3.63) is 58.5 Å². The van der Waals surface area contributed by atoms with Gasteiger partial charge in [0.15, 0.2) is 11.6 Å². The number of pyridine rings is 1. The zero-order valence-corrected chi connectivity index (χ0v) is 18.6. The molecule has 190 valence electrons. The number of ether oxygens (including phenoxy) is 2. The lowest BCUT2D eigenvalue weighted by Crippen LogP contribution is -2.56. The molecule has 36 heavy (non-hydrogen) atoms. The van der Waals surface area contributed by atoms with Crippen LogP contribution in [0.1, 0.15) is 27.8 Å². The maximum atomic E-state index is 13.4. The van der Waals surface area contributed by atoms with Crippen LogP contribution in [0.3, 0.4) is 0 Å². The van der Waals surface area contributed by atoms with Crippen LogP contribution >= 0.6 is 11.6 Å². The van der Waals surface area contributed by atoms with E-state index in [-0.39, 0.29) is 42.7 Å². The predicted octanol–water partition coefficient (Wildman–Crippen LogP) is 4.51. The second kappa shape index (κ2) is 8.62. The average Bonchev–Trinajstić information content (AvgIpc) is 3.20. The normalized spacial score (nSPS) is 19.7. The fourth-order valence-corrected chi connectivity index (χ4v) is 4.62. The summed E-state index contributed by atoms with van der Waals surface area (Å²) in [6.07, 6.45) is -8.53. The predicted molar refractivity (Wildman–Crippen MR) is 110 cm³/mol. The van der Waals surface area contributed by atoms with Gasteiger partial charge in [0, 0.05) is 18.8 Å². The standard InChI is InChI=1S/C21H14ClF6N5O3/c22-16-12(2-1-3-13(16)20(23,24)25)19(34)33-10-7-32-17(30-31-18(32)15(33)9-35-8-10)14-6-11(4-5-29-14)36-21(26,27)28/h1-6,10,15H,7-9H2. The van der Waals surface area contributed by atoms with Gasteiger partial charge >= 0.3 is 12.5 Å². The van der Waals surface area contributed by atoms with Gasteiger partial charge in [-0.3, -0.25) is 9.78 Å². The highest BCUT2D eigenvalue weighted by atomic mass is 35.5. The number of benzene rings is 1. The number of fused-ring (bicyclic) bond motifs is 4. The van der Waals surface area contributed by atoms with Gasteiger partial charge in [0.05, 0.1) is 35.4 Å². The van der Waals surface area contributed by atoms with Gasteiger partial charge in [0.2, 0.25) is 0 Å². The summed E-state index contributed by atoms with van der Waals surface area (Å²) < 4.78 is 88.9. The molecule has 0 spiro atoms. The summed E-state index contributed by atoms with van der Waals surface area (Å²) in [4.78, 5) is 18.8. The molecule has 1 aromatic carbocycles. The third kappa shape index (κ3) is 4.34. The van der Waals surface area contributed by atoms with Crippen LogP contribution in [-0.4, -0.2) is 56.2 Å². The van der Waals surface area contributed by atoms with Crippen molar-refractivity contribution in [2.75, 3.05) is 13.2 Å². The van der Waals surface area contributed by atoms with E-state index in [9.17, 15) is 31.1 Å². The Bertz CT molecular complexity index is 1330. The smallest absolute Gasteiger partial charge is 0.406 e. The van der Waals surface area contributed by atoms with E-state index in [1.165, 1.54) is 11.0 Å². The quantitative estimate of drug-likeness (QED) is 0.461. The number of hydrogen-bond donors (Lipinski definition) is 0. The highest BCUT2D eigenvalue weighted by molar-refractivity contribution is 6.34. The molecule has 0 N–H and O–H groups in total. The molecular formula is C21H14ClF6N5O3. The molecule has 5 rings (SSSR count). The van der Waals surface area contributed by atoms with Gasteiger partial charge in [-0.05, 0) is 18.2 Å². The zero-order chi connectivity index (χ0) is 25.8. The number of halogens is 7. The Labute approximate surface area is 203 Å². The lowest BCUT2D eigenvalue weighted by atomic mass is 10.0. The van der Waals surface area contributed by atoms with Gasteiger partial charge in [0.1, 0.15) is 17.5 Å². The van der Waals surface area contributed by atoms with E-state index < -0.39 is 46.9 Å². The number of nitrogens with zero attached hydrogens (tertiary/aromatic N) is 5. The number of alkyl halides is 6. The Morgan fingerprint density at radius 3 is 2.61 bits per heavy atom. The second-order valence-corrected chi connectivity index (χ2v) is 8.38. The Balaban J connectivity index is 1.50. The van der Waals surface area contributed by atoms with Crippen molar-refractivity contribution in [1.82, 2.24) is 24.6 Å². The molecule has 0 aliphatic carbocycles. The van der Waals surface area contributed by atoms with E-state index in [0.717, 1.165) is 30.5 Å². The van der Waals surface area contributed by atoms with Gasteiger partial charge in [-0.15, -0.1) is 23.4 Å². The molecule has 2 aliphatic heterocycles. The molecule has 2 aromatic heterocycles. The topological polar surface area (TPSA) is 82.4 Å². The molecule has 2 aliphatic rings. The fourth-order valence-electron chi connectivity index (χ4n) is 4.31. The Hall–Kier alpha value is -3.39. The van der Waals surface area contributed by atoms with Crippen LogP contribution in [-0.2, 0) is 17.5 Å². The molecule has 2 atom stereocenters. The summed E-state index contributed by atoms with van der Waals surface area (Å²) in [5, 5.41) is 7.41. The molecule has 2 unspecified atom stereocenters. The van der Waals surface area contributed by atoms with Crippen LogP contribution in [0.25, 0.3) is 11.5 Å². The Kier molecular flexibility index (Phi) is 5.82. The molecule has 8 nitrogen and oxygen atoms in total. The van der Waals surface area contributed by atoms with Gasteiger partial charge in [-0.25, -0.2) is 0 Å². The second-order valence-electron chi connectivity index (χ2n) is 8.00. The van der Waals surface area contributed by atoms with Crippen molar-refractivity contribution in [3.63, 3.8) is 0 Å². The van der Waals surface area contributed by atoms with Crippen LogP contribution in [0.2, 0.25) is 5.02 Å². The van der Waals surface area contributed by atoms with Crippen molar-refractivity contribution in [2.24, 2.45) is 0 Å². The Morgan fingerprint density at radius 1 is 1.11 bits per heavy atom. The number of rotatable bonds is 3. The summed E-state index contributed by atoms with van der Waals surface area (Å²) in [6.45, 7) is 0.0880. The van der Waals surface area contributed by atoms with Gasteiger partial charge in [-0.2, -0.15) is 13.2 Å². The highest BCUT2D eigenvalue weighted by Crippen LogP contribution is 2.40. The third-order valence-electron chi connectivity index (χ3n) is 5.75. The molecule has 0 saturated carbocycles. The van der Waals surface area contributed by atoms with E-state index in [4.69, 9.17) is 16.3 Å². The van der Waals surface area contributed by atoms with E-state index in [2.05, 4.69) is 19.9 Å².